The number of ether oxygens (including phenoxy) is 2. The van der Waals surface area contributed by atoms with Crippen molar-refractivity contribution in [2.75, 3.05) is 20.3 Å². The van der Waals surface area contributed by atoms with Gasteiger partial charge in [-0.25, -0.2) is 4.39 Å². The summed E-state index contributed by atoms with van der Waals surface area (Å²) in [5.41, 5.74) is 0.625. The summed E-state index contributed by atoms with van der Waals surface area (Å²) < 4.78 is 29.1. The SMILES string of the molecule is COc1ccc(OCCNC(=O)CCc2nnc(-c3ccc(F)cc3)o2)cc1. The minimum Gasteiger partial charge on any atom is -0.497 e. The Balaban J connectivity index is 1.36. The van der Waals surface area contributed by atoms with Gasteiger partial charge in [0.2, 0.25) is 17.7 Å². The molecule has 0 aliphatic heterocycles. The summed E-state index contributed by atoms with van der Waals surface area (Å²) >= 11 is 0. The summed E-state index contributed by atoms with van der Waals surface area (Å²) in [6, 6.07) is 13.0. The molecule has 0 unspecified atom stereocenters. The molecule has 1 amide bonds. The quantitative estimate of drug-likeness (QED) is 0.570. The number of hydrogen-bond acceptors (Lipinski definition) is 6. The Morgan fingerprint density at radius 2 is 1.79 bits per heavy atom. The van der Waals surface area contributed by atoms with Crippen LogP contribution in [0.5, 0.6) is 11.5 Å². The van der Waals surface area contributed by atoms with Crippen molar-refractivity contribution < 1.29 is 23.1 Å². The van der Waals surface area contributed by atoms with Crippen molar-refractivity contribution in [2.24, 2.45) is 0 Å². The number of carbonyl (C=O) groups is 1. The lowest BCUT2D eigenvalue weighted by Gasteiger charge is -2.08. The van der Waals surface area contributed by atoms with Gasteiger partial charge in [0.15, 0.2) is 0 Å². The number of aryl methyl sites for hydroxylation is 1. The fourth-order valence-electron chi connectivity index (χ4n) is 2.40. The predicted octanol–water partition coefficient (Wildman–Crippen LogP) is 3.01. The monoisotopic (exact) mass is 385 g/mol. The second-order valence-electron chi connectivity index (χ2n) is 5.88. The van der Waals surface area contributed by atoms with Gasteiger partial charge in [-0.3, -0.25) is 4.79 Å². The molecule has 0 spiro atoms. The maximum atomic E-state index is 12.9. The van der Waals surface area contributed by atoms with Crippen LogP contribution in [0.25, 0.3) is 11.5 Å². The molecule has 0 aliphatic rings. The van der Waals surface area contributed by atoms with Crippen molar-refractivity contribution >= 4 is 5.91 Å². The van der Waals surface area contributed by atoms with Crippen molar-refractivity contribution in [3.63, 3.8) is 0 Å². The molecule has 0 atom stereocenters. The third kappa shape index (κ3) is 5.54. The molecule has 1 aromatic heterocycles. The van der Waals surface area contributed by atoms with Gasteiger partial charge < -0.3 is 19.2 Å². The summed E-state index contributed by atoms with van der Waals surface area (Å²) in [5, 5.41) is 10.6. The fraction of sp³-hybridized carbons (Fsp3) is 0.250. The zero-order chi connectivity index (χ0) is 19.8. The molecule has 0 fully saturated rings. The Kier molecular flexibility index (Phi) is 6.56. The van der Waals surface area contributed by atoms with Crippen LogP contribution >= 0.6 is 0 Å². The van der Waals surface area contributed by atoms with E-state index in [1.165, 1.54) is 12.1 Å². The van der Waals surface area contributed by atoms with Crippen LogP contribution in [0.4, 0.5) is 4.39 Å². The Hall–Kier alpha value is -3.42. The number of rotatable bonds is 9. The first-order valence-electron chi connectivity index (χ1n) is 8.76. The van der Waals surface area contributed by atoms with Gasteiger partial charge in [0.25, 0.3) is 0 Å². The predicted molar refractivity (Wildman–Crippen MR) is 99.5 cm³/mol. The largest absolute Gasteiger partial charge is 0.497 e. The summed E-state index contributed by atoms with van der Waals surface area (Å²) in [4.78, 5) is 11.9. The van der Waals surface area contributed by atoms with Gasteiger partial charge in [0.1, 0.15) is 23.9 Å². The van der Waals surface area contributed by atoms with E-state index >= 15 is 0 Å². The van der Waals surface area contributed by atoms with Crippen molar-refractivity contribution in [1.29, 1.82) is 0 Å². The van der Waals surface area contributed by atoms with E-state index in [0.29, 0.717) is 42.7 Å². The maximum Gasteiger partial charge on any atom is 0.247 e. The number of amides is 1. The lowest BCUT2D eigenvalue weighted by atomic mass is 10.2. The smallest absolute Gasteiger partial charge is 0.247 e. The Morgan fingerprint density at radius 3 is 2.50 bits per heavy atom. The highest BCUT2D eigenvalue weighted by molar-refractivity contribution is 5.76. The van der Waals surface area contributed by atoms with Gasteiger partial charge in [0, 0.05) is 18.4 Å². The van der Waals surface area contributed by atoms with E-state index in [1.807, 2.05) is 0 Å². The van der Waals surface area contributed by atoms with Crippen molar-refractivity contribution in [3.8, 4) is 23.0 Å². The van der Waals surface area contributed by atoms with Crippen LogP contribution in [0.1, 0.15) is 12.3 Å². The first-order valence-corrected chi connectivity index (χ1v) is 8.76. The molecule has 7 nitrogen and oxygen atoms in total. The van der Waals surface area contributed by atoms with Crippen LogP contribution in [0.2, 0.25) is 0 Å². The number of benzene rings is 2. The Morgan fingerprint density at radius 1 is 1.07 bits per heavy atom. The van der Waals surface area contributed by atoms with Crippen LogP contribution in [0, 0.1) is 5.82 Å². The minimum atomic E-state index is -0.337. The standard InChI is InChI=1S/C20H20FN3O4/c1-26-16-6-8-17(9-7-16)27-13-12-22-18(25)10-11-19-23-24-20(28-19)14-2-4-15(21)5-3-14/h2-9H,10-13H2,1H3,(H,22,25). The van der Waals surface area contributed by atoms with Gasteiger partial charge in [0.05, 0.1) is 13.7 Å². The average molecular weight is 385 g/mol. The van der Waals surface area contributed by atoms with Gasteiger partial charge in [-0.2, -0.15) is 0 Å². The zero-order valence-corrected chi connectivity index (χ0v) is 15.4. The molecular weight excluding hydrogens is 365 g/mol. The minimum absolute atomic E-state index is 0.139. The van der Waals surface area contributed by atoms with Crippen LogP contribution < -0.4 is 14.8 Å². The first-order chi connectivity index (χ1) is 13.6. The highest BCUT2D eigenvalue weighted by Gasteiger charge is 2.10. The zero-order valence-electron chi connectivity index (χ0n) is 15.4. The molecule has 1 N–H and O–H groups in total. The van der Waals surface area contributed by atoms with Crippen LogP contribution in [0.15, 0.2) is 52.9 Å². The molecule has 1 heterocycles. The maximum absolute atomic E-state index is 12.9. The highest BCUT2D eigenvalue weighted by Crippen LogP contribution is 2.19. The van der Waals surface area contributed by atoms with E-state index < -0.39 is 0 Å². The van der Waals surface area contributed by atoms with E-state index in [9.17, 15) is 9.18 Å². The molecule has 8 heteroatoms. The highest BCUT2D eigenvalue weighted by atomic mass is 19.1. The second kappa shape index (κ2) is 9.50. The van der Waals surface area contributed by atoms with Crippen molar-refractivity contribution in [1.82, 2.24) is 15.5 Å². The number of nitrogens with zero attached hydrogens (tertiary/aromatic N) is 2. The Labute approximate surface area is 161 Å². The van der Waals surface area contributed by atoms with Gasteiger partial charge in [-0.05, 0) is 48.5 Å². The number of methoxy groups -OCH3 is 1. The third-order valence-corrected chi connectivity index (χ3v) is 3.88. The average Bonchev–Trinajstić information content (AvgIpc) is 3.20. The third-order valence-electron chi connectivity index (χ3n) is 3.88. The van der Waals surface area contributed by atoms with Crippen molar-refractivity contribution in [2.45, 2.75) is 12.8 Å². The fourth-order valence-corrected chi connectivity index (χ4v) is 2.40. The van der Waals surface area contributed by atoms with Gasteiger partial charge in [-0.15, -0.1) is 10.2 Å². The number of nitrogens with one attached hydrogen (secondary N) is 1. The van der Waals surface area contributed by atoms with Crippen molar-refractivity contribution in [3.05, 3.63) is 60.2 Å². The van der Waals surface area contributed by atoms with Crippen LogP contribution in [0.3, 0.4) is 0 Å². The molecule has 28 heavy (non-hydrogen) atoms. The summed E-state index contributed by atoms with van der Waals surface area (Å²) in [5.74, 6) is 1.63. The molecule has 0 aliphatic carbocycles. The number of halogens is 1. The molecule has 3 rings (SSSR count). The second-order valence-corrected chi connectivity index (χ2v) is 5.88. The normalized spacial score (nSPS) is 10.5. The number of aromatic nitrogens is 2. The Bertz CT molecular complexity index is 895. The molecule has 0 radical (unpaired) electrons. The van der Waals surface area contributed by atoms with Crippen LogP contribution in [-0.2, 0) is 11.2 Å². The van der Waals surface area contributed by atoms with E-state index in [0.717, 1.165) is 5.75 Å². The number of carbonyl (C=O) groups excluding carboxylic acids is 1. The lowest BCUT2D eigenvalue weighted by molar-refractivity contribution is -0.121. The topological polar surface area (TPSA) is 86.5 Å². The first kappa shape index (κ1) is 19.3. The molecule has 2 aromatic carbocycles. The van der Waals surface area contributed by atoms with Gasteiger partial charge in [-0.1, -0.05) is 0 Å². The molecule has 0 saturated carbocycles. The van der Waals surface area contributed by atoms with E-state index in [1.54, 1.807) is 43.5 Å². The molecule has 0 saturated heterocycles. The lowest BCUT2D eigenvalue weighted by Crippen LogP contribution is -2.28. The summed E-state index contributed by atoms with van der Waals surface area (Å²) in [6.07, 6.45) is 0.535. The van der Waals surface area contributed by atoms with Gasteiger partial charge >= 0.3 is 0 Å². The van der Waals surface area contributed by atoms with Crippen LogP contribution in [-0.4, -0.2) is 36.4 Å². The molecule has 3 aromatic rings. The number of hydrogen-bond donors (Lipinski definition) is 1. The molecule has 0 bridgehead atoms. The molecular formula is C20H20FN3O4. The summed E-state index contributed by atoms with van der Waals surface area (Å²) in [7, 11) is 1.60. The van der Waals surface area contributed by atoms with E-state index in [-0.39, 0.29) is 18.1 Å². The van der Waals surface area contributed by atoms with E-state index in [4.69, 9.17) is 13.9 Å². The van der Waals surface area contributed by atoms with E-state index in [2.05, 4.69) is 15.5 Å². The molecule has 146 valence electrons. The summed E-state index contributed by atoms with van der Waals surface area (Å²) in [6.45, 7) is 0.739.